The van der Waals surface area contributed by atoms with Gasteiger partial charge in [0.2, 0.25) is 10.0 Å². The number of aromatic nitrogens is 1. The molecule has 2 aromatic rings. The summed E-state index contributed by atoms with van der Waals surface area (Å²) in [6, 6.07) is 6.67. The third kappa shape index (κ3) is 3.86. The van der Waals surface area contributed by atoms with E-state index in [1.165, 1.54) is 6.07 Å². The molecule has 2 rings (SSSR count). The van der Waals surface area contributed by atoms with Gasteiger partial charge in [0.05, 0.1) is 15.6 Å². The maximum absolute atomic E-state index is 11.3. The molecule has 20 heavy (non-hydrogen) atoms. The van der Waals surface area contributed by atoms with E-state index in [0.29, 0.717) is 6.54 Å². The molecule has 0 saturated carbocycles. The van der Waals surface area contributed by atoms with Crippen molar-refractivity contribution >= 4 is 21.4 Å². The molecule has 1 atom stereocenters. The van der Waals surface area contributed by atoms with E-state index in [1.54, 1.807) is 23.5 Å². The summed E-state index contributed by atoms with van der Waals surface area (Å²) in [5.74, 6) is 0. The Kier molecular flexibility index (Phi) is 4.54. The lowest BCUT2D eigenvalue weighted by Gasteiger charge is -2.14. The smallest absolute Gasteiger partial charge is 0.238 e. The monoisotopic (exact) mass is 311 g/mol. The molecule has 5 nitrogen and oxygen atoms in total. The van der Waals surface area contributed by atoms with Crippen LogP contribution >= 0.6 is 11.3 Å². The van der Waals surface area contributed by atoms with Crippen LogP contribution < -0.4 is 10.5 Å². The standard InChI is InChI=1S/C13H17N3O2S2/c1-9(15-7-12-8-19-10(2)16-12)11-4-3-5-13(6-11)20(14,17)18/h3-6,8-9,15H,7H2,1-2H3,(H2,14,17,18). The highest BCUT2D eigenvalue weighted by molar-refractivity contribution is 7.89. The van der Waals surface area contributed by atoms with Crippen LogP contribution in [0.3, 0.4) is 0 Å². The van der Waals surface area contributed by atoms with Crippen LogP contribution in [0.4, 0.5) is 0 Å². The summed E-state index contributed by atoms with van der Waals surface area (Å²) in [6.07, 6.45) is 0. The predicted octanol–water partition coefficient (Wildman–Crippen LogP) is 1.95. The van der Waals surface area contributed by atoms with Crippen molar-refractivity contribution in [3.05, 3.63) is 45.9 Å². The SMILES string of the molecule is Cc1nc(CNC(C)c2cccc(S(N)(=O)=O)c2)cs1. The first-order valence-corrected chi connectivity index (χ1v) is 8.56. The van der Waals surface area contributed by atoms with Gasteiger partial charge in [0.15, 0.2) is 0 Å². The number of nitrogens with zero attached hydrogens (tertiary/aromatic N) is 1. The van der Waals surface area contributed by atoms with Gasteiger partial charge >= 0.3 is 0 Å². The lowest BCUT2D eigenvalue weighted by atomic mass is 10.1. The average Bonchev–Trinajstić information content (AvgIpc) is 2.81. The van der Waals surface area contributed by atoms with Crippen molar-refractivity contribution in [3.63, 3.8) is 0 Å². The first-order valence-electron chi connectivity index (χ1n) is 6.13. The van der Waals surface area contributed by atoms with E-state index in [1.807, 2.05) is 25.3 Å². The molecule has 0 fully saturated rings. The van der Waals surface area contributed by atoms with Gasteiger partial charge in [0, 0.05) is 18.0 Å². The number of hydrogen-bond acceptors (Lipinski definition) is 5. The second-order valence-corrected chi connectivity index (χ2v) is 7.20. The number of nitrogens with one attached hydrogen (secondary N) is 1. The lowest BCUT2D eigenvalue weighted by molar-refractivity contribution is 0.566. The van der Waals surface area contributed by atoms with E-state index in [9.17, 15) is 8.42 Å². The molecule has 0 amide bonds. The number of nitrogens with two attached hydrogens (primary N) is 1. The number of rotatable bonds is 5. The molecule has 0 radical (unpaired) electrons. The van der Waals surface area contributed by atoms with Crippen molar-refractivity contribution in [3.8, 4) is 0 Å². The van der Waals surface area contributed by atoms with Gasteiger partial charge in [-0.25, -0.2) is 18.5 Å². The van der Waals surface area contributed by atoms with E-state index in [2.05, 4.69) is 10.3 Å². The maximum atomic E-state index is 11.3. The van der Waals surface area contributed by atoms with Gasteiger partial charge in [-0.15, -0.1) is 11.3 Å². The van der Waals surface area contributed by atoms with Crippen molar-refractivity contribution in [2.45, 2.75) is 31.3 Å². The summed E-state index contributed by atoms with van der Waals surface area (Å²) in [5.41, 5.74) is 1.87. The van der Waals surface area contributed by atoms with Gasteiger partial charge in [0.25, 0.3) is 0 Å². The zero-order chi connectivity index (χ0) is 14.8. The minimum atomic E-state index is -3.66. The van der Waals surface area contributed by atoms with Gasteiger partial charge in [-0.1, -0.05) is 12.1 Å². The van der Waals surface area contributed by atoms with E-state index in [-0.39, 0.29) is 10.9 Å². The Hall–Kier alpha value is -1.28. The molecule has 0 aliphatic carbocycles. The average molecular weight is 311 g/mol. The molecule has 1 unspecified atom stereocenters. The molecular weight excluding hydrogens is 294 g/mol. The molecule has 1 heterocycles. The summed E-state index contributed by atoms with van der Waals surface area (Å²) in [6.45, 7) is 4.58. The van der Waals surface area contributed by atoms with E-state index >= 15 is 0 Å². The van der Waals surface area contributed by atoms with Crippen molar-refractivity contribution in [1.82, 2.24) is 10.3 Å². The Morgan fingerprint density at radius 1 is 1.45 bits per heavy atom. The van der Waals surface area contributed by atoms with Crippen LogP contribution in [0.2, 0.25) is 0 Å². The second kappa shape index (κ2) is 6.01. The molecule has 0 bridgehead atoms. The summed E-state index contributed by atoms with van der Waals surface area (Å²) in [5, 5.41) is 11.5. The fraction of sp³-hybridized carbons (Fsp3) is 0.308. The molecule has 3 N–H and O–H groups in total. The van der Waals surface area contributed by atoms with Crippen LogP contribution in [0, 0.1) is 6.92 Å². The Morgan fingerprint density at radius 3 is 2.80 bits per heavy atom. The molecule has 0 spiro atoms. The van der Waals surface area contributed by atoms with Crippen molar-refractivity contribution in [2.24, 2.45) is 5.14 Å². The third-order valence-electron chi connectivity index (χ3n) is 2.94. The number of aryl methyl sites for hydroxylation is 1. The van der Waals surface area contributed by atoms with E-state index in [0.717, 1.165) is 16.3 Å². The van der Waals surface area contributed by atoms with Crippen LogP contribution in [-0.4, -0.2) is 13.4 Å². The number of thiazole rings is 1. The molecule has 0 aliphatic heterocycles. The van der Waals surface area contributed by atoms with Crippen LogP contribution in [0.15, 0.2) is 34.5 Å². The Morgan fingerprint density at radius 2 is 2.20 bits per heavy atom. The molecule has 0 saturated heterocycles. The molecule has 1 aromatic carbocycles. The minimum absolute atomic E-state index is 0.0127. The normalized spacial score (nSPS) is 13.3. The Labute approximate surface area is 122 Å². The van der Waals surface area contributed by atoms with Crippen LogP contribution in [-0.2, 0) is 16.6 Å². The zero-order valence-electron chi connectivity index (χ0n) is 11.3. The molecule has 7 heteroatoms. The first-order chi connectivity index (χ1) is 9.36. The highest BCUT2D eigenvalue weighted by Crippen LogP contribution is 2.17. The quantitative estimate of drug-likeness (QED) is 0.884. The summed E-state index contributed by atoms with van der Waals surface area (Å²) >= 11 is 1.61. The molecule has 0 aliphatic rings. The Bertz CT molecular complexity index is 695. The van der Waals surface area contributed by atoms with Crippen LogP contribution in [0.25, 0.3) is 0 Å². The van der Waals surface area contributed by atoms with Crippen molar-refractivity contribution in [1.29, 1.82) is 0 Å². The topological polar surface area (TPSA) is 85.1 Å². The highest BCUT2D eigenvalue weighted by atomic mass is 32.2. The highest BCUT2D eigenvalue weighted by Gasteiger charge is 2.11. The van der Waals surface area contributed by atoms with Gasteiger partial charge in [-0.2, -0.15) is 0 Å². The summed E-state index contributed by atoms with van der Waals surface area (Å²) in [7, 11) is -3.66. The number of benzene rings is 1. The fourth-order valence-electron chi connectivity index (χ4n) is 1.83. The number of sulfonamides is 1. The van der Waals surface area contributed by atoms with Crippen LogP contribution in [0.1, 0.15) is 29.2 Å². The third-order valence-corrected chi connectivity index (χ3v) is 4.68. The first kappa shape index (κ1) is 15.1. The predicted molar refractivity (Wildman–Crippen MR) is 79.9 cm³/mol. The summed E-state index contributed by atoms with van der Waals surface area (Å²) in [4.78, 5) is 4.51. The largest absolute Gasteiger partial charge is 0.305 e. The van der Waals surface area contributed by atoms with Gasteiger partial charge in [-0.3, -0.25) is 0 Å². The second-order valence-electron chi connectivity index (χ2n) is 4.58. The molecular formula is C13H17N3O2S2. The minimum Gasteiger partial charge on any atom is -0.305 e. The molecule has 108 valence electrons. The molecule has 1 aromatic heterocycles. The van der Waals surface area contributed by atoms with Crippen molar-refractivity contribution < 1.29 is 8.42 Å². The Balaban J connectivity index is 2.07. The fourth-order valence-corrected chi connectivity index (χ4v) is 3.01. The zero-order valence-corrected chi connectivity index (χ0v) is 13.0. The van der Waals surface area contributed by atoms with Crippen LogP contribution in [0.5, 0.6) is 0 Å². The number of primary sulfonamides is 1. The number of hydrogen-bond donors (Lipinski definition) is 2. The van der Waals surface area contributed by atoms with E-state index in [4.69, 9.17) is 5.14 Å². The lowest BCUT2D eigenvalue weighted by Crippen LogP contribution is -2.19. The van der Waals surface area contributed by atoms with Gasteiger partial charge in [0.1, 0.15) is 0 Å². The van der Waals surface area contributed by atoms with Gasteiger partial charge < -0.3 is 5.32 Å². The van der Waals surface area contributed by atoms with E-state index < -0.39 is 10.0 Å². The summed E-state index contributed by atoms with van der Waals surface area (Å²) < 4.78 is 22.7. The van der Waals surface area contributed by atoms with Gasteiger partial charge in [-0.05, 0) is 31.5 Å². The maximum Gasteiger partial charge on any atom is 0.238 e. The van der Waals surface area contributed by atoms with Crippen molar-refractivity contribution in [2.75, 3.05) is 0 Å².